The second kappa shape index (κ2) is 4.53. The lowest BCUT2D eigenvalue weighted by Crippen LogP contribution is -2.39. The second-order valence-electron chi connectivity index (χ2n) is 5.85. The molecular formula is C15H19FOS. The fourth-order valence-corrected chi connectivity index (χ4v) is 5.18. The molecule has 1 aromatic carbocycles. The molecule has 2 heterocycles. The number of fused-ring (bicyclic) bond motifs is 2. The minimum Gasteiger partial charge on any atom is -0.389 e. The normalized spacial score (nSPS) is 34.8. The SMILES string of the molecule is Cc1ccc(CC2(O)CC3CCC(C2)S3)cc1F. The smallest absolute Gasteiger partial charge is 0.126 e. The van der Waals surface area contributed by atoms with Crippen molar-refractivity contribution in [3.05, 3.63) is 35.1 Å². The Kier molecular flexibility index (Phi) is 3.15. The zero-order valence-corrected chi connectivity index (χ0v) is 11.5. The van der Waals surface area contributed by atoms with E-state index in [-0.39, 0.29) is 5.82 Å². The lowest BCUT2D eigenvalue weighted by atomic mass is 9.86. The van der Waals surface area contributed by atoms with Crippen molar-refractivity contribution in [2.75, 3.05) is 0 Å². The highest BCUT2D eigenvalue weighted by molar-refractivity contribution is 8.00. The molecule has 3 rings (SSSR count). The number of rotatable bonds is 2. The molecule has 0 aromatic heterocycles. The van der Waals surface area contributed by atoms with E-state index in [1.807, 2.05) is 17.8 Å². The molecule has 18 heavy (non-hydrogen) atoms. The van der Waals surface area contributed by atoms with Crippen LogP contribution in [0.3, 0.4) is 0 Å². The van der Waals surface area contributed by atoms with Crippen LogP contribution in [0.2, 0.25) is 0 Å². The Hall–Kier alpha value is -0.540. The van der Waals surface area contributed by atoms with Gasteiger partial charge in [-0.05, 0) is 49.8 Å². The molecule has 2 aliphatic rings. The first-order valence-corrected chi connectivity index (χ1v) is 7.61. The molecule has 0 radical (unpaired) electrons. The molecule has 2 aliphatic heterocycles. The Labute approximate surface area is 112 Å². The van der Waals surface area contributed by atoms with Crippen LogP contribution < -0.4 is 0 Å². The summed E-state index contributed by atoms with van der Waals surface area (Å²) in [6.07, 6.45) is 4.80. The molecule has 2 fully saturated rings. The summed E-state index contributed by atoms with van der Waals surface area (Å²) >= 11 is 2.04. The van der Waals surface area contributed by atoms with Gasteiger partial charge in [-0.25, -0.2) is 4.39 Å². The van der Waals surface area contributed by atoms with Crippen LogP contribution in [0.5, 0.6) is 0 Å². The average molecular weight is 266 g/mol. The first-order valence-electron chi connectivity index (χ1n) is 6.67. The van der Waals surface area contributed by atoms with Gasteiger partial charge >= 0.3 is 0 Å². The predicted molar refractivity (Wildman–Crippen MR) is 73.4 cm³/mol. The van der Waals surface area contributed by atoms with E-state index in [2.05, 4.69) is 0 Å². The first-order chi connectivity index (χ1) is 8.54. The van der Waals surface area contributed by atoms with Crippen LogP contribution in [0, 0.1) is 12.7 Å². The van der Waals surface area contributed by atoms with Gasteiger partial charge in [0.15, 0.2) is 0 Å². The number of benzene rings is 1. The maximum Gasteiger partial charge on any atom is 0.126 e. The van der Waals surface area contributed by atoms with Gasteiger partial charge in [0.2, 0.25) is 0 Å². The van der Waals surface area contributed by atoms with Gasteiger partial charge in [0.25, 0.3) is 0 Å². The third-order valence-corrected chi connectivity index (χ3v) is 5.75. The molecule has 0 spiro atoms. The van der Waals surface area contributed by atoms with Crippen LogP contribution in [0.1, 0.15) is 36.8 Å². The summed E-state index contributed by atoms with van der Waals surface area (Å²) in [5, 5.41) is 12.0. The standard InChI is InChI=1S/C15H19FOS/c1-10-2-3-11(6-14(10)16)7-15(17)8-12-4-5-13(9-15)18-12/h2-3,6,12-13,17H,4-5,7-9H2,1H3. The molecule has 1 aromatic rings. The molecule has 1 nitrogen and oxygen atoms in total. The van der Waals surface area contributed by atoms with Gasteiger partial charge in [-0.1, -0.05) is 12.1 Å². The molecule has 0 amide bonds. The molecule has 3 heteroatoms. The van der Waals surface area contributed by atoms with Gasteiger partial charge in [-0.2, -0.15) is 11.8 Å². The third-order valence-electron chi connectivity index (χ3n) is 4.18. The van der Waals surface area contributed by atoms with Crippen molar-refractivity contribution in [3.8, 4) is 0 Å². The fourth-order valence-electron chi connectivity index (χ4n) is 3.28. The quantitative estimate of drug-likeness (QED) is 0.884. The molecule has 0 saturated carbocycles. The minimum atomic E-state index is -0.612. The van der Waals surface area contributed by atoms with Crippen LogP contribution >= 0.6 is 11.8 Å². The highest BCUT2D eigenvalue weighted by atomic mass is 32.2. The van der Waals surface area contributed by atoms with Crippen molar-refractivity contribution < 1.29 is 9.50 Å². The summed E-state index contributed by atoms with van der Waals surface area (Å²) in [5.41, 5.74) is 0.982. The predicted octanol–water partition coefficient (Wildman–Crippen LogP) is 3.47. The van der Waals surface area contributed by atoms with Gasteiger partial charge < -0.3 is 5.11 Å². The first kappa shape index (κ1) is 12.5. The number of thioether (sulfide) groups is 1. The van der Waals surface area contributed by atoms with Gasteiger partial charge in [-0.15, -0.1) is 0 Å². The third kappa shape index (κ3) is 2.43. The van der Waals surface area contributed by atoms with E-state index in [1.165, 1.54) is 12.8 Å². The molecule has 0 aliphatic carbocycles. The Morgan fingerprint density at radius 2 is 2.00 bits per heavy atom. The number of aryl methyl sites for hydroxylation is 1. The number of hydrogen-bond acceptors (Lipinski definition) is 2. The van der Waals surface area contributed by atoms with Crippen molar-refractivity contribution in [2.24, 2.45) is 0 Å². The Morgan fingerprint density at radius 3 is 2.61 bits per heavy atom. The van der Waals surface area contributed by atoms with Gasteiger partial charge in [0.05, 0.1) is 5.60 Å². The van der Waals surface area contributed by atoms with E-state index in [0.29, 0.717) is 22.5 Å². The molecule has 1 N–H and O–H groups in total. The van der Waals surface area contributed by atoms with Crippen molar-refractivity contribution in [1.29, 1.82) is 0 Å². The van der Waals surface area contributed by atoms with Gasteiger partial charge in [-0.3, -0.25) is 0 Å². The number of halogens is 1. The minimum absolute atomic E-state index is 0.163. The van der Waals surface area contributed by atoms with E-state index in [1.54, 1.807) is 19.1 Å². The van der Waals surface area contributed by atoms with Gasteiger partial charge in [0.1, 0.15) is 5.82 Å². The maximum atomic E-state index is 13.5. The Bertz CT molecular complexity index is 448. The Balaban J connectivity index is 1.77. The van der Waals surface area contributed by atoms with Crippen molar-refractivity contribution >= 4 is 11.8 Å². The highest BCUT2D eigenvalue weighted by Crippen LogP contribution is 2.48. The van der Waals surface area contributed by atoms with Gasteiger partial charge in [0, 0.05) is 16.9 Å². The van der Waals surface area contributed by atoms with Crippen LogP contribution in [0.4, 0.5) is 4.39 Å². The lowest BCUT2D eigenvalue weighted by molar-refractivity contribution is 0.0241. The molecule has 2 saturated heterocycles. The lowest BCUT2D eigenvalue weighted by Gasteiger charge is -2.36. The van der Waals surface area contributed by atoms with Crippen molar-refractivity contribution in [1.82, 2.24) is 0 Å². The van der Waals surface area contributed by atoms with E-state index >= 15 is 0 Å². The average Bonchev–Trinajstić information content (AvgIpc) is 2.64. The topological polar surface area (TPSA) is 20.2 Å². The molecule has 2 atom stereocenters. The summed E-state index contributed by atoms with van der Waals surface area (Å²) in [5.74, 6) is -0.163. The molecule has 2 bridgehead atoms. The summed E-state index contributed by atoms with van der Waals surface area (Å²) in [6, 6.07) is 5.33. The van der Waals surface area contributed by atoms with E-state index in [9.17, 15) is 9.50 Å². The summed E-state index contributed by atoms with van der Waals surface area (Å²) in [7, 11) is 0. The van der Waals surface area contributed by atoms with Crippen LogP contribution in [-0.4, -0.2) is 21.2 Å². The zero-order chi connectivity index (χ0) is 12.8. The number of aliphatic hydroxyl groups is 1. The van der Waals surface area contributed by atoms with Crippen LogP contribution in [-0.2, 0) is 6.42 Å². The van der Waals surface area contributed by atoms with E-state index in [0.717, 1.165) is 18.4 Å². The maximum absolute atomic E-state index is 13.5. The summed E-state index contributed by atoms with van der Waals surface area (Å²) < 4.78 is 13.5. The summed E-state index contributed by atoms with van der Waals surface area (Å²) in [6.45, 7) is 1.77. The van der Waals surface area contributed by atoms with Crippen molar-refractivity contribution in [3.63, 3.8) is 0 Å². The van der Waals surface area contributed by atoms with Crippen LogP contribution in [0.15, 0.2) is 18.2 Å². The largest absolute Gasteiger partial charge is 0.389 e. The molecular weight excluding hydrogens is 247 g/mol. The van der Waals surface area contributed by atoms with Crippen molar-refractivity contribution in [2.45, 2.75) is 55.1 Å². The van der Waals surface area contributed by atoms with E-state index in [4.69, 9.17) is 0 Å². The molecule has 2 unspecified atom stereocenters. The number of hydrogen-bond donors (Lipinski definition) is 1. The molecule has 98 valence electrons. The fraction of sp³-hybridized carbons (Fsp3) is 0.600. The zero-order valence-electron chi connectivity index (χ0n) is 10.7. The second-order valence-corrected chi connectivity index (χ2v) is 7.46. The Morgan fingerprint density at radius 1 is 1.33 bits per heavy atom. The monoisotopic (exact) mass is 266 g/mol. The highest BCUT2D eigenvalue weighted by Gasteiger charge is 2.43. The van der Waals surface area contributed by atoms with E-state index < -0.39 is 5.60 Å². The summed E-state index contributed by atoms with van der Waals surface area (Å²) in [4.78, 5) is 0. The van der Waals surface area contributed by atoms with Crippen LogP contribution in [0.25, 0.3) is 0 Å².